The minimum atomic E-state index is -1.03. The van der Waals surface area contributed by atoms with Gasteiger partial charge in [0.15, 0.2) is 0 Å². The molecule has 5 N–H and O–H groups in total. The largest absolute Gasteiger partial charge is 0.488 e. The van der Waals surface area contributed by atoms with Crippen molar-refractivity contribution < 1.29 is 38.7 Å². The molecule has 2 heterocycles. The minimum Gasteiger partial charge on any atom is -0.488 e. The Kier molecular flexibility index (Phi) is 19.0. The summed E-state index contributed by atoms with van der Waals surface area (Å²) in [6, 6.07) is 23.0. The molecular weight excluding hydrogens is 920 g/mol. The molecule has 0 saturated carbocycles. The third kappa shape index (κ3) is 15.1. The molecule has 0 aliphatic heterocycles. The van der Waals surface area contributed by atoms with E-state index in [4.69, 9.17) is 57.8 Å². The maximum absolute atomic E-state index is 10.9. The van der Waals surface area contributed by atoms with E-state index in [2.05, 4.69) is 51.6 Å². The number of pyridine rings is 2. The summed E-state index contributed by atoms with van der Waals surface area (Å²) in [5.74, 6) is -0.130. The molecule has 0 saturated heterocycles. The highest BCUT2D eigenvalue weighted by Crippen LogP contribution is 2.37. The molecular formula is C53H52Cl2N6O8. The van der Waals surface area contributed by atoms with Crippen molar-refractivity contribution in [2.45, 2.75) is 53.4 Å². The molecule has 4 aromatic carbocycles. The number of hydrogen-bond acceptors (Lipinski definition) is 12. The van der Waals surface area contributed by atoms with Crippen LogP contribution in [0, 0.1) is 19.3 Å². The molecule has 0 fully saturated rings. The molecule has 0 radical (unpaired) electrons. The zero-order chi connectivity index (χ0) is 49.1. The lowest BCUT2D eigenvalue weighted by Gasteiger charge is -2.19. The third-order valence-corrected chi connectivity index (χ3v) is 11.3. The van der Waals surface area contributed by atoms with Crippen LogP contribution in [0.1, 0.15) is 55.6 Å². The first-order chi connectivity index (χ1) is 33.4. The Morgan fingerprint density at radius 1 is 0.623 bits per heavy atom. The van der Waals surface area contributed by atoms with Crippen molar-refractivity contribution in [2.75, 3.05) is 20.1 Å². The minimum absolute atomic E-state index is 0.180. The van der Waals surface area contributed by atoms with Crippen LogP contribution in [0.3, 0.4) is 0 Å². The smallest absolute Gasteiger partial charge is 0.328 e. The highest BCUT2D eigenvalue weighted by atomic mass is 35.5. The summed E-state index contributed by atoms with van der Waals surface area (Å²) in [6.07, 6.45) is 14.9. The maximum atomic E-state index is 10.9. The number of hydrogen-bond donors (Lipinski definition) is 5. The van der Waals surface area contributed by atoms with E-state index >= 15 is 0 Å². The standard InChI is InChI=1S/C53H52Cl2N6O8/c1-34-40(32-68-50-20-48(66-30-38-16-36(22-56)24-60-26-38)42(18-46(50)54)28-58-14-6-12-52(62)63)8-4-10-44(34)45-11-5-9-41(35(45)2)33-69-51-21-49(67-31-39-17-37(23-57-3)25-61-27-39)43(19-47(51)55)29-59-15-7-13-53(64)65/h4-13,16-27,56,58-59H,14-15,28-33H2,1-3H3,(H,62,63)(H,64,65)/b12-6+,13-7+,56-22?,57-23?. The van der Waals surface area contributed by atoms with E-state index in [1.165, 1.54) is 18.4 Å². The van der Waals surface area contributed by atoms with Crippen LogP contribution >= 0.6 is 23.2 Å². The Bertz CT molecular complexity index is 2870. The SMILES string of the molecule is CN=Cc1cncc(COc2cc(OCc3cccc(-c4cccc(COc5cc(OCc6cncc(C=N)c6)c(CNC/C=C/C(=O)O)cc5Cl)c4C)c3C)c(Cl)cc2CNC/C=C/C(=O)O)c1. The lowest BCUT2D eigenvalue weighted by Crippen LogP contribution is -2.14. The first kappa shape index (κ1) is 51.0. The fourth-order valence-electron chi connectivity index (χ4n) is 7.19. The van der Waals surface area contributed by atoms with Crippen LogP contribution in [0.15, 0.2) is 127 Å². The van der Waals surface area contributed by atoms with Crippen molar-refractivity contribution in [2.24, 2.45) is 4.99 Å². The average molecular weight is 972 g/mol. The zero-order valence-electron chi connectivity index (χ0n) is 38.3. The Hall–Kier alpha value is -7.36. The number of aliphatic carboxylic acids is 2. The van der Waals surface area contributed by atoms with E-state index in [0.717, 1.165) is 73.4 Å². The van der Waals surface area contributed by atoms with E-state index < -0.39 is 11.9 Å². The molecule has 14 nitrogen and oxygen atoms in total. The van der Waals surface area contributed by atoms with Gasteiger partial charge in [0.25, 0.3) is 0 Å². The predicted molar refractivity (Wildman–Crippen MR) is 268 cm³/mol. The van der Waals surface area contributed by atoms with Gasteiger partial charge in [0.2, 0.25) is 0 Å². The van der Waals surface area contributed by atoms with Gasteiger partial charge in [-0.15, -0.1) is 0 Å². The summed E-state index contributed by atoms with van der Waals surface area (Å²) in [5.41, 5.74) is 10.6. The van der Waals surface area contributed by atoms with E-state index in [1.807, 2.05) is 36.4 Å². The number of aliphatic imine (C=N–C) groups is 1. The summed E-state index contributed by atoms with van der Waals surface area (Å²) < 4.78 is 25.4. The van der Waals surface area contributed by atoms with Crippen LogP contribution in [0.5, 0.6) is 23.0 Å². The highest BCUT2D eigenvalue weighted by molar-refractivity contribution is 6.32. The Morgan fingerprint density at radius 3 is 1.52 bits per heavy atom. The van der Waals surface area contributed by atoms with Gasteiger partial charge >= 0.3 is 11.9 Å². The van der Waals surface area contributed by atoms with Gasteiger partial charge < -0.3 is 45.2 Å². The monoisotopic (exact) mass is 970 g/mol. The number of nitrogens with one attached hydrogen (secondary N) is 3. The summed E-state index contributed by atoms with van der Waals surface area (Å²) in [7, 11) is 1.70. The van der Waals surface area contributed by atoms with Gasteiger partial charge in [-0.2, -0.15) is 0 Å². The number of aromatic nitrogens is 2. The maximum Gasteiger partial charge on any atom is 0.328 e. The van der Waals surface area contributed by atoms with Gasteiger partial charge in [-0.3, -0.25) is 15.0 Å². The van der Waals surface area contributed by atoms with Crippen LogP contribution < -0.4 is 29.6 Å². The quantitative estimate of drug-likeness (QED) is 0.0207. The molecule has 16 heteroatoms. The average Bonchev–Trinajstić information content (AvgIpc) is 3.33. The molecule has 0 bridgehead atoms. The van der Waals surface area contributed by atoms with Crippen molar-refractivity contribution in [3.8, 4) is 34.1 Å². The second kappa shape index (κ2) is 25.7. The van der Waals surface area contributed by atoms with Gasteiger partial charge in [-0.05, 0) is 71.5 Å². The van der Waals surface area contributed by atoms with E-state index in [-0.39, 0.29) is 26.4 Å². The van der Waals surface area contributed by atoms with Crippen LogP contribution in [0.4, 0.5) is 0 Å². The molecule has 0 aliphatic carbocycles. The van der Waals surface area contributed by atoms with Crippen molar-refractivity contribution in [1.29, 1.82) is 5.41 Å². The normalized spacial score (nSPS) is 11.4. The topological polar surface area (TPSA) is 198 Å². The molecule has 6 rings (SSSR count). The molecule has 0 atom stereocenters. The molecule has 0 unspecified atom stereocenters. The first-order valence-electron chi connectivity index (χ1n) is 21.8. The third-order valence-electron chi connectivity index (χ3n) is 10.7. The molecule has 356 valence electrons. The van der Waals surface area contributed by atoms with Gasteiger partial charge in [0, 0.05) is 128 Å². The second-order valence-electron chi connectivity index (χ2n) is 15.6. The van der Waals surface area contributed by atoms with Gasteiger partial charge in [0.05, 0.1) is 10.0 Å². The van der Waals surface area contributed by atoms with Crippen molar-refractivity contribution >= 4 is 47.6 Å². The Balaban J connectivity index is 1.18. The molecule has 69 heavy (non-hydrogen) atoms. The molecule has 2 aromatic heterocycles. The van der Waals surface area contributed by atoms with Crippen LogP contribution in [-0.2, 0) is 49.1 Å². The van der Waals surface area contributed by atoms with E-state index in [0.29, 0.717) is 64.8 Å². The number of ether oxygens (including phenoxy) is 4. The van der Waals surface area contributed by atoms with Crippen LogP contribution in [0.2, 0.25) is 10.0 Å². The lowest BCUT2D eigenvalue weighted by molar-refractivity contribution is -0.132. The van der Waals surface area contributed by atoms with E-state index in [1.54, 1.807) is 62.3 Å². The zero-order valence-corrected chi connectivity index (χ0v) is 39.8. The van der Waals surface area contributed by atoms with Crippen LogP contribution in [0.25, 0.3) is 11.1 Å². The summed E-state index contributed by atoms with van der Waals surface area (Å²) in [4.78, 5) is 34.5. The fraction of sp³-hybridized carbons (Fsp3) is 0.208. The summed E-state index contributed by atoms with van der Waals surface area (Å²) in [6.45, 7) is 6.30. The summed E-state index contributed by atoms with van der Waals surface area (Å²) >= 11 is 13.7. The van der Waals surface area contributed by atoms with Crippen molar-refractivity contribution in [3.05, 3.63) is 188 Å². The van der Waals surface area contributed by atoms with Crippen LogP contribution in [-0.4, -0.2) is 64.7 Å². The summed E-state index contributed by atoms with van der Waals surface area (Å²) in [5, 5.41) is 32.7. The van der Waals surface area contributed by atoms with Gasteiger partial charge in [-0.25, -0.2) is 9.59 Å². The number of benzene rings is 4. The second-order valence-corrected chi connectivity index (χ2v) is 16.5. The van der Waals surface area contributed by atoms with Gasteiger partial charge in [0.1, 0.15) is 49.4 Å². The number of nitrogens with zero attached hydrogens (tertiary/aromatic N) is 3. The van der Waals surface area contributed by atoms with E-state index in [9.17, 15) is 9.59 Å². The molecule has 6 aromatic rings. The molecule has 0 aliphatic rings. The Labute approximate surface area is 410 Å². The fourth-order valence-corrected chi connectivity index (χ4v) is 7.67. The highest BCUT2D eigenvalue weighted by Gasteiger charge is 2.17. The number of carbonyl (C=O) groups is 2. The van der Waals surface area contributed by atoms with Crippen molar-refractivity contribution in [3.63, 3.8) is 0 Å². The number of carboxylic acid groups (broad SMARTS) is 2. The number of carboxylic acids is 2. The molecule has 0 spiro atoms. The predicted octanol–water partition coefficient (Wildman–Crippen LogP) is 9.89. The lowest BCUT2D eigenvalue weighted by atomic mass is 9.92. The first-order valence-corrected chi connectivity index (χ1v) is 22.5. The number of rotatable bonds is 25. The van der Waals surface area contributed by atoms with Gasteiger partial charge in [-0.1, -0.05) is 71.8 Å². The Morgan fingerprint density at radius 2 is 1.07 bits per heavy atom. The number of halogens is 2. The van der Waals surface area contributed by atoms with Crippen molar-refractivity contribution in [1.82, 2.24) is 20.6 Å². The molecule has 0 amide bonds.